The molecule has 0 bridgehead atoms. The van der Waals surface area contributed by atoms with Gasteiger partial charge in [-0.3, -0.25) is 4.90 Å². The summed E-state index contributed by atoms with van der Waals surface area (Å²) >= 11 is 12.4. The van der Waals surface area contributed by atoms with Crippen LogP contribution in [0.15, 0.2) is 42.5 Å². The van der Waals surface area contributed by atoms with Gasteiger partial charge in [-0.15, -0.1) is 0 Å². The zero-order valence-electron chi connectivity index (χ0n) is 12.0. The summed E-state index contributed by atoms with van der Waals surface area (Å²) in [6, 6.07) is 12.2. The van der Waals surface area contributed by atoms with E-state index in [1.807, 2.05) is 18.2 Å². The number of hydrogen-bond acceptors (Lipinski definition) is 2. The fourth-order valence-corrected chi connectivity index (χ4v) is 3.44. The van der Waals surface area contributed by atoms with E-state index in [1.54, 1.807) is 18.2 Å². The first-order valence-corrected chi connectivity index (χ1v) is 8.06. The van der Waals surface area contributed by atoms with Gasteiger partial charge in [-0.2, -0.15) is 0 Å². The quantitative estimate of drug-likeness (QED) is 0.905. The average molecular weight is 339 g/mol. The summed E-state index contributed by atoms with van der Waals surface area (Å²) in [5.41, 5.74) is 1.87. The van der Waals surface area contributed by atoms with Gasteiger partial charge in [-0.1, -0.05) is 41.4 Å². The van der Waals surface area contributed by atoms with Gasteiger partial charge in [0.05, 0.1) is 6.04 Å². The Morgan fingerprint density at radius 1 is 1.05 bits per heavy atom. The Balaban J connectivity index is 2.05. The van der Waals surface area contributed by atoms with Crippen LogP contribution in [0.3, 0.4) is 0 Å². The molecule has 1 N–H and O–H groups in total. The Labute approximate surface area is 139 Å². The second kappa shape index (κ2) is 6.97. The number of hydrogen-bond donors (Lipinski definition) is 1. The molecule has 2 aromatic carbocycles. The molecule has 0 radical (unpaired) electrons. The van der Waals surface area contributed by atoms with E-state index in [0.717, 1.165) is 37.3 Å². The summed E-state index contributed by atoms with van der Waals surface area (Å²) in [4.78, 5) is 2.32. The van der Waals surface area contributed by atoms with Crippen molar-refractivity contribution in [1.82, 2.24) is 10.2 Å². The minimum atomic E-state index is -0.234. The molecule has 1 aliphatic rings. The first kappa shape index (κ1) is 15.8. The SMILES string of the molecule is Fc1cccc(C(c2ccc(Cl)cc2Cl)N2CCNCC2)c1. The number of rotatable bonds is 3. The van der Waals surface area contributed by atoms with Gasteiger partial charge in [0.1, 0.15) is 5.82 Å². The van der Waals surface area contributed by atoms with Gasteiger partial charge in [0.15, 0.2) is 0 Å². The third-order valence-corrected chi connectivity index (χ3v) is 4.50. The molecule has 1 fully saturated rings. The molecule has 1 atom stereocenters. The topological polar surface area (TPSA) is 15.3 Å². The predicted octanol–water partition coefficient (Wildman–Crippen LogP) is 4.13. The van der Waals surface area contributed by atoms with Gasteiger partial charge in [0, 0.05) is 36.2 Å². The molecule has 22 heavy (non-hydrogen) atoms. The fourth-order valence-electron chi connectivity index (χ4n) is 2.93. The summed E-state index contributed by atoms with van der Waals surface area (Å²) in [6.07, 6.45) is 0. The van der Waals surface area contributed by atoms with Crippen LogP contribution in [0, 0.1) is 5.82 Å². The van der Waals surface area contributed by atoms with Crippen molar-refractivity contribution < 1.29 is 4.39 Å². The zero-order chi connectivity index (χ0) is 15.5. The van der Waals surface area contributed by atoms with E-state index >= 15 is 0 Å². The first-order chi connectivity index (χ1) is 10.6. The van der Waals surface area contributed by atoms with Crippen LogP contribution in [-0.2, 0) is 0 Å². The van der Waals surface area contributed by atoms with Crippen molar-refractivity contribution >= 4 is 23.2 Å². The standard InChI is InChI=1S/C17H17Cl2FN2/c18-13-4-5-15(16(19)11-13)17(22-8-6-21-7-9-22)12-2-1-3-14(20)10-12/h1-5,10-11,17,21H,6-9H2. The van der Waals surface area contributed by atoms with Crippen LogP contribution in [0.25, 0.3) is 0 Å². The molecule has 3 rings (SSSR count). The monoisotopic (exact) mass is 338 g/mol. The third kappa shape index (κ3) is 3.44. The molecule has 0 aliphatic carbocycles. The molecule has 1 aliphatic heterocycles. The van der Waals surface area contributed by atoms with E-state index in [1.165, 1.54) is 6.07 Å². The fraction of sp³-hybridized carbons (Fsp3) is 0.294. The van der Waals surface area contributed by atoms with Gasteiger partial charge in [-0.05, 0) is 35.4 Å². The Morgan fingerprint density at radius 2 is 1.82 bits per heavy atom. The van der Waals surface area contributed by atoms with Crippen LogP contribution in [0.5, 0.6) is 0 Å². The van der Waals surface area contributed by atoms with E-state index < -0.39 is 0 Å². The number of halogens is 3. The summed E-state index contributed by atoms with van der Waals surface area (Å²) in [7, 11) is 0. The zero-order valence-corrected chi connectivity index (χ0v) is 13.5. The third-order valence-electron chi connectivity index (χ3n) is 3.94. The normalized spacial score (nSPS) is 17.4. The van der Waals surface area contributed by atoms with Crippen molar-refractivity contribution in [3.63, 3.8) is 0 Å². The highest BCUT2D eigenvalue weighted by Gasteiger charge is 2.26. The van der Waals surface area contributed by atoms with Crippen molar-refractivity contribution in [1.29, 1.82) is 0 Å². The van der Waals surface area contributed by atoms with E-state index in [2.05, 4.69) is 10.2 Å². The lowest BCUT2D eigenvalue weighted by molar-refractivity contribution is 0.198. The van der Waals surface area contributed by atoms with Crippen LogP contribution in [0.1, 0.15) is 17.2 Å². The van der Waals surface area contributed by atoms with Gasteiger partial charge in [0.25, 0.3) is 0 Å². The smallest absolute Gasteiger partial charge is 0.123 e. The van der Waals surface area contributed by atoms with Gasteiger partial charge >= 0.3 is 0 Å². The van der Waals surface area contributed by atoms with Gasteiger partial charge in [-0.25, -0.2) is 4.39 Å². The second-order valence-electron chi connectivity index (χ2n) is 5.41. The summed E-state index contributed by atoms with van der Waals surface area (Å²) in [5.74, 6) is -0.234. The van der Waals surface area contributed by atoms with Crippen molar-refractivity contribution in [2.45, 2.75) is 6.04 Å². The van der Waals surface area contributed by atoms with Gasteiger partial charge < -0.3 is 5.32 Å². The van der Waals surface area contributed by atoms with E-state index in [4.69, 9.17) is 23.2 Å². The molecule has 0 saturated carbocycles. The summed E-state index contributed by atoms with van der Waals surface area (Å²) in [6.45, 7) is 3.61. The maximum Gasteiger partial charge on any atom is 0.123 e. The van der Waals surface area contributed by atoms with Crippen LogP contribution in [0.2, 0.25) is 10.0 Å². The number of benzene rings is 2. The van der Waals surface area contributed by atoms with Crippen LogP contribution >= 0.6 is 23.2 Å². The number of nitrogens with one attached hydrogen (secondary N) is 1. The summed E-state index contributed by atoms with van der Waals surface area (Å²) < 4.78 is 13.7. The molecule has 2 aromatic rings. The Kier molecular flexibility index (Phi) is 4.99. The molecule has 1 unspecified atom stereocenters. The maximum atomic E-state index is 13.7. The maximum absolute atomic E-state index is 13.7. The lowest BCUT2D eigenvalue weighted by Gasteiger charge is -2.36. The molecule has 1 heterocycles. The Hall–Kier alpha value is -1.13. The van der Waals surface area contributed by atoms with Crippen molar-refractivity contribution in [3.8, 4) is 0 Å². The molecule has 0 spiro atoms. The Bertz CT molecular complexity index is 657. The lowest BCUT2D eigenvalue weighted by atomic mass is 9.96. The van der Waals surface area contributed by atoms with Gasteiger partial charge in [0.2, 0.25) is 0 Å². The van der Waals surface area contributed by atoms with E-state index in [0.29, 0.717) is 10.0 Å². The van der Waals surface area contributed by atoms with E-state index in [9.17, 15) is 4.39 Å². The summed E-state index contributed by atoms with van der Waals surface area (Å²) in [5, 5.41) is 4.55. The van der Waals surface area contributed by atoms with Crippen molar-refractivity contribution in [2.24, 2.45) is 0 Å². The van der Waals surface area contributed by atoms with Crippen LogP contribution < -0.4 is 5.32 Å². The highest BCUT2D eigenvalue weighted by Crippen LogP contribution is 2.35. The molecular weight excluding hydrogens is 322 g/mol. The van der Waals surface area contributed by atoms with E-state index in [-0.39, 0.29) is 11.9 Å². The molecule has 1 saturated heterocycles. The molecule has 0 amide bonds. The number of nitrogens with zero attached hydrogens (tertiary/aromatic N) is 1. The molecule has 0 aromatic heterocycles. The molecule has 2 nitrogen and oxygen atoms in total. The highest BCUT2D eigenvalue weighted by molar-refractivity contribution is 6.35. The minimum absolute atomic E-state index is 0.0671. The second-order valence-corrected chi connectivity index (χ2v) is 6.25. The largest absolute Gasteiger partial charge is 0.314 e. The van der Waals surface area contributed by atoms with Crippen molar-refractivity contribution in [2.75, 3.05) is 26.2 Å². The first-order valence-electron chi connectivity index (χ1n) is 7.30. The predicted molar refractivity (Wildman–Crippen MR) is 89.1 cm³/mol. The molecular formula is C17H17Cl2FN2. The van der Waals surface area contributed by atoms with Crippen molar-refractivity contribution in [3.05, 3.63) is 69.5 Å². The number of piperazine rings is 1. The highest BCUT2D eigenvalue weighted by atomic mass is 35.5. The van der Waals surface area contributed by atoms with Crippen LogP contribution in [-0.4, -0.2) is 31.1 Å². The average Bonchev–Trinajstić information content (AvgIpc) is 2.51. The lowest BCUT2D eigenvalue weighted by Crippen LogP contribution is -2.45. The van der Waals surface area contributed by atoms with Crippen LogP contribution in [0.4, 0.5) is 4.39 Å². The molecule has 116 valence electrons. The Morgan fingerprint density at radius 3 is 2.50 bits per heavy atom. The minimum Gasteiger partial charge on any atom is -0.314 e. The molecule has 5 heteroatoms.